The van der Waals surface area contributed by atoms with Crippen molar-refractivity contribution < 1.29 is 9.95 Å². The molecular formula is C16H18N3O+. The van der Waals surface area contributed by atoms with Crippen molar-refractivity contribution in [1.82, 2.24) is 10.6 Å². The van der Waals surface area contributed by atoms with Crippen molar-refractivity contribution in [3.63, 3.8) is 0 Å². The number of rotatable bonds is 3. The summed E-state index contributed by atoms with van der Waals surface area (Å²) in [5.74, 6) is 0.674. The number of nitrogens with one attached hydrogen (secondary N) is 2. The molecule has 3 N–H and O–H groups in total. The van der Waals surface area contributed by atoms with Crippen molar-refractivity contribution in [2.75, 3.05) is 13.1 Å². The number of benzene rings is 2. The first-order chi connectivity index (χ1) is 9.84. The molecule has 1 fully saturated rings. The maximum Gasteiger partial charge on any atom is 0.382 e. The van der Waals surface area contributed by atoms with Crippen LogP contribution in [0.15, 0.2) is 54.6 Å². The summed E-state index contributed by atoms with van der Waals surface area (Å²) in [5.41, 5.74) is 3.39. The fourth-order valence-electron chi connectivity index (χ4n) is 2.40. The molecule has 1 aliphatic rings. The average Bonchev–Trinajstić information content (AvgIpc) is 3.03. The van der Waals surface area contributed by atoms with Gasteiger partial charge >= 0.3 is 5.96 Å². The molecule has 2 aromatic carbocycles. The summed E-state index contributed by atoms with van der Waals surface area (Å²) in [6.45, 7) is 2.12. The van der Waals surface area contributed by atoms with E-state index in [2.05, 4.69) is 28.8 Å². The quantitative estimate of drug-likeness (QED) is 0.452. The molecule has 2 aromatic rings. The fourth-order valence-corrected chi connectivity index (χ4v) is 2.40. The van der Waals surface area contributed by atoms with Crippen molar-refractivity contribution in [3.05, 3.63) is 60.2 Å². The molecule has 1 aliphatic heterocycles. The first kappa shape index (κ1) is 12.5. The van der Waals surface area contributed by atoms with Crippen molar-refractivity contribution in [2.24, 2.45) is 0 Å². The van der Waals surface area contributed by atoms with E-state index in [1.807, 2.05) is 36.4 Å². The third kappa shape index (κ3) is 2.59. The molecule has 0 amide bonds. The molecule has 1 heterocycles. The molecule has 1 saturated heterocycles. The second-order valence-electron chi connectivity index (χ2n) is 4.78. The van der Waals surface area contributed by atoms with Gasteiger partial charge in [0.05, 0.1) is 13.1 Å². The number of hydroxylamine groups is 1. The van der Waals surface area contributed by atoms with Gasteiger partial charge in [0.15, 0.2) is 0 Å². The molecule has 0 spiro atoms. The Bertz CT molecular complexity index is 615. The van der Waals surface area contributed by atoms with E-state index in [4.69, 9.17) is 0 Å². The Labute approximate surface area is 118 Å². The molecular weight excluding hydrogens is 250 g/mol. The summed E-state index contributed by atoms with van der Waals surface area (Å²) >= 11 is 0. The Morgan fingerprint density at radius 3 is 2.30 bits per heavy atom. The van der Waals surface area contributed by atoms with Gasteiger partial charge in [-0.05, 0) is 16.7 Å². The summed E-state index contributed by atoms with van der Waals surface area (Å²) in [6, 6.07) is 18.4. The van der Waals surface area contributed by atoms with Crippen LogP contribution in [0.3, 0.4) is 0 Å². The lowest BCUT2D eigenvalue weighted by Gasteiger charge is -2.09. The predicted octanol–water partition coefficient (Wildman–Crippen LogP) is 1.80. The lowest BCUT2D eigenvalue weighted by molar-refractivity contribution is -0.788. The topological polar surface area (TPSA) is 47.3 Å². The van der Waals surface area contributed by atoms with E-state index in [1.165, 1.54) is 4.74 Å². The van der Waals surface area contributed by atoms with Crippen LogP contribution in [0.1, 0.15) is 5.56 Å². The first-order valence-corrected chi connectivity index (χ1v) is 6.79. The molecule has 3 rings (SSSR count). The monoisotopic (exact) mass is 268 g/mol. The molecule has 0 unspecified atom stereocenters. The molecule has 0 atom stereocenters. The molecule has 20 heavy (non-hydrogen) atoms. The van der Waals surface area contributed by atoms with Crippen LogP contribution in [0.4, 0.5) is 0 Å². The first-order valence-electron chi connectivity index (χ1n) is 6.79. The maximum absolute atomic E-state index is 10.1. The number of hydrogen-bond acceptors (Lipinski definition) is 1. The van der Waals surface area contributed by atoms with E-state index in [9.17, 15) is 5.21 Å². The van der Waals surface area contributed by atoms with Gasteiger partial charge < -0.3 is 5.21 Å². The zero-order valence-corrected chi connectivity index (χ0v) is 11.2. The minimum absolute atomic E-state index is 0.445. The molecule has 0 saturated carbocycles. The van der Waals surface area contributed by atoms with Gasteiger partial charge in [0.1, 0.15) is 6.54 Å². The standard InChI is InChI=1S/C16H17N3O/c20-19(16-17-10-11-18-16)12-14-8-4-5-9-15(14)13-6-2-1-3-7-13/h1-9,20H,10-12H2,(H,17,18)/p+1. The largest absolute Gasteiger partial charge is 0.382 e. The summed E-state index contributed by atoms with van der Waals surface area (Å²) in [4.78, 5) is 0. The lowest BCUT2D eigenvalue weighted by atomic mass is 10.00. The van der Waals surface area contributed by atoms with Gasteiger partial charge in [-0.25, -0.2) is 0 Å². The van der Waals surface area contributed by atoms with E-state index in [0.29, 0.717) is 12.5 Å². The second-order valence-corrected chi connectivity index (χ2v) is 4.78. The summed E-state index contributed by atoms with van der Waals surface area (Å²) < 4.78 is 1.23. The maximum atomic E-state index is 10.1. The van der Waals surface area contributed by atoms with Crippen molar-refractivity contribution in [3.8, 4) is 11.1 Å². The van der Waals surface area contributed by atoms with Gasteiger partial charge in [-0.15, -0.1) is 0 Å². The third-order valence-electron chi connectivity index (χ3n) is 3.39. The van der Waals surface area contributed by atoms with Gasteiger partial charge in [-0.3, -0.25) is 10.6 Å². The van der Waals surface area contributed by atoms with E-state index < -0.39 is 0 Å². The van der Waals surface area contributed by atoms with Gasteiger partial charge in [0.2, 0.25) is 0 Å². The number of guanidine groups is 1. The summed E-state index contributed by atoms with van der Waals surface area (Å²) in [6.07, 6.45) is 0. The van der Waals surface area contributed by atoms with Crippen molar-refractivity contribution in [2.45, 2.75) is 6.54 Å². The van der Waals surface area contributed by atoms with Crippen LogP contribution in [0.2, 0.25) is 0 Å². The Morgan fingerprint density at radius 1 is 0.900 bits per heavy atom. The van der Waals surface area contributed by atoms with Gasteiger partial charge in [0.25, 0.3) is 0 Å². The summed E-state index contributed by atoms with van der Waals surface area (Å²) in [5, 5.41) is 16.4. The fraction of sp³-hybridized carbons (Fsp3) is 0.188. The van der Waals surface area contributed by atoms with E-state index in [-0.39, 0.29) is 0 Å². The Kier molecular flexibility index (Phi) is 3.54. The minimum atomic E-state index is 0.445. The molecule has 4 nitrogen and oxygen atoms in total. The highest BCUT2D eigenvalue weighted by Gasteiger charge is 2.18. The highest BCUT2D eigenvalue weighted by Crippen LogP contribution is 2.23. The predicted molar refractivity (Wildman–Crippen MR) is 78.6 cm³/mol. The van der Waals surface area contributed by atoms with E-state index in [0.717, 1.165) is 29.8 Å². The Balaban J connectivity index is 1.93. The van der Waals surface area contributed by atoms with Crippen LogP contribution in [0.5, 0.6) is 0 Å². The smallest absolute Gasteiger partial charge is 0.376 e. The van der Waals surface area contributed by atoms with Gasteiger partial charge in [0, 0.05) is 0 Å². The van der Waals surface area contributed by atoms with Crippen LogP contribution in [-0.2, 0) is 6.54 Å². The Morgan fingerprint density at radius 2 is 1.55 bits per heavy atom. The molecule has 0 aromatic heterocycles. The third-order valence-corrected chi connectivity index (χ3v) is 3.39. The normalized spacial score (nSPS) is 13.7. The van der Waals surface area contributed by atoms with E-state index in [1.54, 1.807) is 0 Å². The lowest BCUT2D eigenvalue weighted by Crippen LogP contribution is -2.34. The SMILES string of the molecule is O[N+](Cc1ccccc1-c1ccccc1)=C1NCCN1. The summed E-state index contributed by atoms with van der Waals surface area (Å²) in [7, 11) is 0. The van der Waals surface area contributed by atoms with Crippen LogP contribution >= 0.6 is 0 Å². The van der Waals surface area contributed by atoms with Crippen molar-refractivity contribution in [1.29, 1.82) is 0 Å². The van der Waals surface area contributed by atoms with Crippen LogP contribution < -0.4 is 10.6 Å². The van der Waals surface area contributed by atoms with Crippen LogP contribution in [0.25, 0.3) is 11.1 Å². The van der Waals surface area contributed by atoms with Crippen molar-refractivity contribution >= 4 is 5.96 Å². The molecule has 102 valence electrons. The zero-order valence-electron chi connectivity index (χ0n) is 11.2. The highest BCUT2D eigenvalue weighted by atomic mass is 16.5. The number of hydrogen-bond donors (Lipinski definition) is 3. The average molecular weight is 268 g/mol. The molecule has 0 bridgehead atoms. The zero-order chi connectivity index (χ0) is 13.8. The van der Waals surface area contributed by atoms with E-state index >= 15 is 0 Å². The Hall–Kier alpha value is -2.49. The second kappa shape index (κ2) is 5.65. The van der Waals surface area contributed by atoms with Crippen LogP contribution in [-0.4, -0.2) is 29.0 Å². The number of nitrogens with zero attached hydrogens (tertiary/aromatic N) is 1. The van der Waals surface area contributed by atoms with Gasteiger partial charge in [-0.2, -0.15) is 0 Å². The minimum Gasteiger partial charge on any atom is -0.376 e. The van der Waals surface area contributed by atoms with Crippen LogP contribution in [0, 0.1) is 0 Å². The molecule has 4 heteroatoms. The molecule has 0 radical (unpaired) electrons. The van der Waals surface area contributed by atoms with Gasteiger partial charge in [-0.1, -0.05) is 59.3 Å². The molecule has 0 aliphatic carbocycles. The highest BCUT2D eigenvalue weighted by molar-refractivity contribution is 5.76.